The lowest BCUT2D eigenvalue weighted by molar-refractivity contribution is -0.161. The van der Waals surface area contributed by atoms with Crippen LogP contribution >= 0.6 is 15.6 Å². The summed E-state index contributed by atoms with van der Waals surface area (Å²) >= 11 is 0. The van der Waals surface area contributed by atoms with E-state index in [2.05, 4.69) is 48.5 Å². The second-order valence-corrected chi connectivity index (χ2v) is 28.9. The van der Waals surface area contributed by atoms with Crippen molar-refractivity contribution < 1.29 is 80.2 Å². The molecular weight excluding hydrogens is 1170 g/mol. The highest BCUT2D eigenvalue weighted by molar-refractivity contribution is 7.47. The van der Waals surface area contributed by atoms with Gasteiger partial charge in [0.1, 0.15) is 19.3 Å². The minimum Gasteiger partial charge on any atom is -0.462 e. The molecule has 89 heavy (non-hydrogen) atoms. The highest BCUT2D eigenvalue weighted by atomic mass is 31.2. The molecule has 0 saturated heterocycles. The van der Waals surface area contributed by atoms with E-state index >= 15 is 0 Å². The first kappa shape index (κ1) is 87.1. The standard InChI is InChI=1S/C70H136O17P2/c1-8-12-13-34-44-51-67(72)80-57-65(86-70(75)54-47-40-33-27-26-30-37-43-50-63(7)11-4)59-84-88(76,77)82-55-64(71)56-83-89(78,79)85-60-66(58-81-68(73)52-45-38-31-24-21-20-23-29-36-42-49-62(6)10-3)87-69(74)53-46-39-32-25-19-17-15-14-16-18-22-28-35-41-48-61(5)9-2/h61-66,71H,8-60H2,1-7H3,(H,76,77)(H,78,79)/t61?,62?,63?,64-,65+,66+/m0/s1. The first-order valence-electron chi connectivity index (χ1n) is 36.5. The molecule has 3 N–H and O–H groups in total. The van der Waals surface area contributed by atoms with E-state index in [1.807, 2.05) is 0 Å². The summed E-state index contributed by atoms with van der Waals surface area (Å²) in [5.74, 6) is 0.287. The van der Waals surface area contributed by atoms with E-state index in [0.717, 1.165) is 114 Å². The van der Waals surface area contributed by atoms with E-state index in [9.17, 15) is 43.2 Å². The summed E-state index contributed by atoms with van der Waals surface area (Å²) in [7, 11) is -9.89. The normalized spacial score (nSPS) is 15.1. The van der Waals surface area contributed by atoms with Gasteiger partial charge in [-0.25, -0.2) is 9.13 Å². The van der Waals surface area contributed by atoms with E-state index in [1.54, 1.807) is 0 Å². The van der Waals surface area contributed by atoms with Crippen molar-refractivity contribution in [2.75, 3.05) is 39.6 Å². The number of aliphatic hydroxyl groups is 1. The number of carbonyl (C=O) groups excluding carboxylic acids is 4. The average Bonchev–Trinajstić information content (AvgIpc) is 3.67. The molecular formula is C70H136O17P2. The molecule has 0 fully saturated rings. The largest absolute Gasteiger partial charge is 0.472 e. The van der Waals surface area contributed by atoms with Crippen LogP contribution in [-0.4, -0.2) is 96.7 Å². The summed E-state index contributed by atoms with van der Waals surface area (Å²) in [6, 6.07) is 0. The predicted octanol–water partition coefficient (Wildman–Crippen LogP) is 19.8. The Balaban J connectivity index is 5.17. The Labute approximate surface area is 543 Å². The Hall–Kier alpha value is -1.94. The number of phosphoric ester groups is 2. The minimum absolute atomic E-state index is 0.104. The van der Waals surface area contributed by atoms with Crippen molar-refractivity contribution in [1.82, 2.24) is 0 Å². The lowest BCUT2D eigenvalue weighted by Crippen LogP contribution is -2.30. The van der Waals surface area contributed by atoms with Gasteiger partial charge in [0.2, 0.25) is 0 Å². The zero-order valence-electron chi connectivity index (χ0n) is 57.9. The van der Waals surface area contributed by atoms with Crippen LogP contribution in [0.1, 0.15) is 350 Å². The smallest absolute Gasteiger partial charge is 0.462 e. The predicted molar refractivity (Wildman–Crippen MR) is 358 cm³/mol. The fourth-order valence-electron chi connectivity index (χ4n) is 10.4. The number of esters is 4. The maximum absolute atomic E-state index is 13.0. The molecule has 0 radical (unpaired) electrons. The highest BCUT2D eigenvalue weighted by Gasteiger charge is 2.30. The van der Waals surface area contributed by atoms with Crippen LogP contribution in [0.15, 0.2) is 0 Å². The molecule has 0 aromatic heterocycles. The van der Waals surface area contributed by atoms with Gasteiger partial charge >= 0.3 is 39.5 Å². The third kappa shape index (κ3) is 60.7. The Morgan fingerprint density at radius 3 is 0.798 bits per heavy atom. The number of unbranched alkanes of at least 4 members (excludes halogenated alkanes) is 33. The second kappa shape index (κ2) is 61.0. The molecule has 17 nitrogen and oxygen atoms in total. The molecule has 0 spiro atoms. The molecule has 0 aromatic rings. The molecule has 0 amide bonds. The van der Waals surface area contributed by atoms with Crippen molar-refractivity contribution in [2.45, 2.75) is 369 Å². The number of aliphatic hydroxyl groups excluding tert-OH is 1. The van der Waals surface area contributed by atoms with Crippen LogP contribution in [0.3, 0.4) is 0 Å². The van der Waals surface area contributed by atoms with Gasteiger partial charge in [0.05, 0.1) is 26.4 Å². The Bertz CT molecular complexity index is 1760. The monoisotopic (exact) mass is 1310 g/mol. The van der Waals surface area contributed by atoms with Gasteiger partial charge in [0, 0.05) is 25.7 Å². The molecule has 0 rings (SSSR count). The Morgan fingerprint density at radius 2 is 0.539 bits per heavy atom. The van der Waals surface area contributed by atoms with E-state index < -0.39 is 97.5 Å². The summed E-state index contributed by atoms with van der Waals surface area (Å²) in [4.78, 5) is 72.3. The van der Waals surface area contributed by atoms with Crippen molar-refractivity contribution >= 4 is 39.5 Å². The van der Waals surface area contributed by atoms with Crippen LogP contribution in [-0.2, 0) is 65.4 Å². The van der Waals surface area contributed by atoms with Gasteiger partial charge in [-0.05, 0) is 43.4 Å². The lowest BCUT2D eigenvalue weighted by atomic mass is 9.99. The molecule has 5 unspecified atom stereocenters. The van der Waals surface area contributed by atoms with Crippen molar-refractivity contribution in [3.8, 4) is 0 Å². The summed E-state index contributed by atoms with van der Waals surface area (Å²) in [6.07, 6.45) is 44.6. The third-order valence-corrected chi connectivity index (χ3v) is 19.1. The Kier molecular flexibility index (Phi) is 59.6. The van der Waals surface area contributed by atoms with E-state index in [4.69, 9.17) is 37.0 Å². The van der Waals surface area contributed by atoms with Crippen molar-refractivity contribution in [3.05, 3.63) is 0 Å². The summed E-state index contributed by atoms with van der Waals surface area (Å²) in [6.45, 7) is 11.8. The third-order valence-electron chi connectivity index (χ3n) is 17.2. The van der Waals surface area contributed by atoms with E-state index in [0.29, 0.717) is 25.7 Å². The zero-order valence-corrected chi connectivity index (χ0v) is 59.7. The van der Waals surface area contributed by atoms with Crippen LogP contribution < -0.4 is 0 Å². The zero-order chi connectivity index (χ0) is 65.9. The molecule has 0 aliphatic rings. The number of phosphoric acid groups is 2. The number of hydrogen-bond acceptors (Lipinski definition) is 15. The van der Waals surface area contributed by atoms with Gasteiger partial charge in [-0.2, -0.15) is 0 Å². The van der Waals surface area contributed by atoms with E-state index in [-0.39, 0.29) is 25.7 Å². The number of carbonyl (C=O) groups is 4. The molecule has 8 atom stereocenters. The molecule has 19 heteroatoms. The number of hydrogen-bond donors (Lipinski definition) is 3. The summed E-state index contributed by atoms with van der Waals surface area (Å²) in [5.41, 5.74) is 0. The van der Waals surface area contributed by atoms with Crippen LogP contribution in [0, 0.1) is 17.8 Å². The highest BCUT2D eigenvalue weighted by Crippen LogP contribution is 2.45. The first-order valence-corrected chi connectivity index (χ1v) is 39.5. The van der Waals surface area contributed by atoms with Gasteiger partial charge in [-0.3, -0.25) is 37.3 Å². The maximum atomic E-state index is 13.0. The summed E-state index contributed by atoms with van der Waals surface area (Å²) < 4.78 is 68.1. The maximum Gasteiger partial charge on any atom is 0.472 e. The van der Waals surface area contributed by atoms with Crippen molar-refractivity contribution in [3.63, 3.8) is 0 Å². The van der Waals surface area contributed by atoms with Crippen LogP contribution in [0.4, 0.5) is 0 Å². The quantitative estimate of drug-likeness (QED) is 0.0222. The number of ether oxygens (including phenoxy) is 4. The molecule has 0 aromatic carbocycles. The van der Waals surface area contributed by atoms with Gasteiger partial charge in [0.15, 0.2) is 12.2 Å². The van der Waals surface area contributed by atoms with Gasteiger partial charge < -0.3 is 33.8 Å². The minimum atomic E-state index is -4.95. The summed E-state index contributed by atoms with van der Waals surface area (Å²) in [5, 5.41) is 10.6. The van der Waals surface area contributed by atoms with Crippen molar-refractivity contribution in [1.29, 1.82) is 0 Å². The van der Waals surface area contributed by atoms with Crippen molar-refractivity contribution in [2.24, 2.45) is 17.8 Å². The second-order valence-electron chi connectivity index (χ2n) is 26.0. The molecule has 0 aliphatic heterocycles. The van der Waals surface area contributed by atoms with Gasteiger partial charge in [-0.15, -0.1) is 0 Å². The van der Waals surface area contributed by atoms with Gasteiger partial charge in [-0.1, -0.05) is 299 Å². The van der Waals surface area contributed by atoms with Gasteiger partial charge in [0.25, 0.3) is 0 Å². The lowest BCUT2D eigenvalue weighted by Gasteiger charge is -2.21. The molecule has 0 bridgehead atoms. The fraction of sp³-hybridized carbons (Fsp3) is 0.943. The average molecular weight is 1310 g/mol. The van der Waals surface area contributed by atoms with Crippen LogP contribution in [0.25, 0.3) is 0 Å². The molecule has 0 heterocycles. The molecule has 528 valence electrons. The molecule has 0 saturated carbocycles. The topological polar surface area (TPSA) is 237 Å². The van der Waals surface area contributed by atoms with Crippen LogP contribution in [0.2, 0.25) is 0 Å². The Morgan fingerprint density at radius 1 is 0.315 bits per heavy atom. The SMILES string of the molecule is CCCCCCCC(=O)OC[C@H](COP(=O)(O)OC[C@H](O)COP(=O)(O)OC[C@@H](COC(=O)CCCCCCCCCCCCC(C)CC)OC(=O)CCCCCCCCCCCCCCCCC(C)CC)OC(=O)CCCCCCCCCCC(C)CC. The fourth-order valence-corrected chi connectivity index (χ4v) is 12.0. The first-order chi connectivity index (χ1) is 42.8. The van der Waals surface area contributed by atoms with Crippen LogP contribution in [0.5, 0.6) is 0 Å². The number of rotatable bonds is 68. The van der Waals surface area contributed by atoms with E-state index in [1.165, 1.54) is 154 Å². The molecule has 0 aliphatic carbocycles.